The van der Waals surface area contributed by atoms with E-state index in [-0.39, 0.29) is 53.8 Å². The minimum atomic E-state index is -0.617. The van der Waals surface area contributed by atoms with Crippen LogP contribution in [0.5, 0.6) is 0 Å². The van der Waals surface area contributed by atoms with Crippen LogP contribution >= 0.6 is 0 Å². The molecule has 0 saturated carbocycles. The third-order valence-electron chi connectivity index (χ3n) is 8.76. The summed E-state index contributed by atoms with van der Waals surface area (Å²) in [6.45, 7) is 25.0. The fraction of sp³-hybridized carbons (Fsp3) is 0.872. The molecule has 52 heavy (non-hydrogen) atoms. The lowest BCUT2D eigenvalue weighted by Crippen LogP contribution is -2.38. The second kappa shape index (κ2) is 19.2. The highest BCUT2D eigenvalue weighted by molar-refractivity contribution is 5.75. The summed E-state index contributed by atoms with van der Waals surface area (Å²) in [7, 11) is 0. The molecule has 0 bridgehead atoms. The standard InChI is InChI=1S/C39H70N4O9/c1-36(2,3)49-31(44)29(27-19-23-42(25-27)34(47)51-38(7,8)9)17-13-15-21-40-33(46)41-22-16-14-18-30(32(45)50-37(4,5)6)28-20-24-43(26-28)35(48)52-39(10,11)12/h27-30H,13-26H2,1-12H3,(H2,40,41,46)/t27-,28-,29-,30-/m0/s1. The highest BCUT2D eigenvalue weighted by Gasteiger charge is 2.40. The summed E-state index contributed by atoms with van der Waals surface area (Å²) >= 11 is 0. The molecule has 2 N–H and O–H groups in total. The van der Waals surface area contributed by atoms with Crippen molar-refractivity contribution in [3.8, 4) is 0 Å². The van der Waals surface area contributed by atoms with Crippen molar-refractivity contribution in [1.82, 2.24) is 20.4 Å². The number of unbranched alkanes of at least 4 members (excludes halogenated alkanes) is 2. The first kappa shape index (κ1) is 44.9. The predicted octanol–water partition coefficient (Wildman–Crippen LogP) is 7.06. The molecule has 13 heteroatoms. The molecule has 0 aromatic carbocycles. The average molecular weight is 739 g/mol. The van der Waals surface area contributed by atoms with Crippen LogP contribution in [0.4, 0.5) is 14.4 Å². The maximum Gasteiger partial charge on any atom is 0.410 e. The normalized spacial score (nSPS) is 19.5. The van der Waals surface area contributed by atoms with E-state index in [1.807, 2.05) is 83.1 Å². The highest BCUT2D eigenvalue weighted by Crippen LogP contribution is 2.33. The quantitative estimate of drug-likeness (QED) is 0.108. The molecule has 4 amide bonds. The van der Waals surface area contributed by atoms with Gasteiger partial charge in [0.1, 0.15) is 22.4 Å². The van der Waals surface area contributed by atoms with Crippen LogP contribution in [0.15, 0.2) is 0 Å². The molecule has 2 heterocycles. The third kappa shape index (κ3) is 17.5. The van der Waals surface area contributed by atoms with E-state index in [9.17, 15) is 24.0 Å². The van der Waals surface area contributed by atoms with Crippen molar-refractivity contribution in [3.63, 3.8) is 0 Å². The lowest BCUT2D eigenvalue weighted by atomic mass is 9.87. The molecule has 13 nitrogen and oxygen atoms in total. The number of carbonyl (C=O) groups excluding carboxylic acids is 5. The van der Waals surface area contributed by atoms with Crippen molar-refractivity contribution in [3.05, 3.63) is 0 Å². The van der Waals surface area contributed by atoms with E-state index >= 15 is 0 Å². The van der Waals surface area contributed by atoms with Crippen molar-refractivity contribution >= 4 is 30.2 Å². The number of rotatable bonds is 14. The zero-order valence-electron chi connectivity index (χ0n) is 34.3. The minimum absolute atomic E-state index is 0.0221. The van der Waals surface area contributed by atoms with Crippen molar-refractivity contribution in [2.24, 2.45) is 23.7 Å². The SMILES string of the molecule is CC(C)(C)OC(=O)[C@@H](CCCCNC(=O)NCCCC[C@H](C(=O)OC(C)(C)C)[C@H]1CCN(C(=O)OC(C)(C)C)C1)[C@H]1CCN(C(=O)OC(C)(C)C)C1. The molecule has 2 aliphatic heterocycles. The monoisotopic (exact) mass is 739 g/mol. The first-order valence-corrected chi connectivity index (χ1v) is 19.3. The lowest BCUT2D eigenvalue weighted by molar-refractivity contribution is -0.163. The van der Waals surface area contributed by atoms with Crippen LogP contribution in [-0.2, 0) is 28.5 Å². The van der Waals surface area contributed by atoms with Crippen LogP contribution in [0.25, 0.3) is 0 Å². The molecule has 0 radical (unpaired) electrons. The number of amides is 4. The summed E-state index contributed by atoms with van der Waals surface area (Å²) in [5, 5.41) is 5.80. The number of esters is 2. The molecular weight excluding hydrogens is 668 g/mol. The van der Waals surface area contributed by atoms with Crippen molar-refractivity contribution in [2.45, 2.75) is 157 Å². The first-order chi connectivity index (χ1) is 23.8. The lowest BCUT2D eigenvalue weighted by Gasteiger charge is -2.28. The second-order valence-electron chi connectivity index (χ2n) is 18.4. The molecule has 0 aromatic heterocycles. The Morgan fingerprint density at radius 2 is 0.865 bits per heavy atom. The summed E-state index contributed by atoms with van der Waals surface area (Å²) in [6.07, 6.45) is 4.68. The number of ether oxygens (including phenoxy) is 4. The fourth-order valence-corrected chi connectivity index (χ4v) is 6.51. The molecule has 2 aliphatic rings. The maximum absolute atomic E-state index is 13.2. The Morgan fingerprint density at radius 1 is 0.538 bits per heavy atom. The topological polar surface area (TPSA) is 153 Å². The molecule has 2 fully saturated rings. The number of hydrogen-bond acceptors (Lipinski definition) is 9. The smallest absolute Gasteiger partial charge is 0.410 e. The minimum Gasteiger partial charge on any atom is -0.460 e. The Morgan fingerprint density at radius 3 is 1.17 bits per heavy atom. The van der Waals surface area contributed by atoms with E-state index in [4.69, 9.17) is 18.9 Å². The molecule has 0 unspecified atom stereocenters. The number of nitrogens with zero attached hydrogens (tertiary/aromatic N) is 2. The summed E-state index contributed by atoms with van der Waals surface area (Å²) in [5.74, 6) is -1.26. The van der Waals surface area contributed by atoms with Gasteiger partial charge in [0.2, 0.25) is 0 Å². The van der Waals surface area contributed by atoms with Gasteiger partial charge in [0.15, 0.2) is 0 Å². The Balaban J connectivity index is 1.79. The fourth-order valence-electron chi connectivity index (χ4n) is 6.51. The van der Waals surface area contributed by atoms with Gasteiger partial charge in [-0.3, -0.25) is 9.59 Å². The van der Waals surface area contributed by atoms with Crippen LogP contribution in [-0.4, -0.2) is 102 Å². The van der Waals surface area contributed by atoms with Gasteiger partial charge in [-0.25, -0.2) is 14.4 Å². The zero-order chi connectivity index (χ0) is 39.5. The third-order valence-corrected chi connectivity index (χ3v) is 8.76. The Hall–Kier alpha value is -3.25. The van der Waals surface area contributed by atoms with Crippen molar-refractivity contribution < 1.29 is 42.9 Å². The Labute approximate surface area is 312 Å². The van der Waals surface area contributed by atoms with Gasteiger partial charge in [0, 0.05) is 39.3 Å². The van der Waals surface area contributed by atoms with E-state index < -0.39 is 22.4 Å². The van der Waals surface area contributed by atoms with Crippen LogP contribution in [0.1, 0.15) is 134 Å². The predicted molar refractivity (Wildman–Crippen MR) is 200 cm³/mol. The van der Waals surface area contributed by atoms with Gasteiger partial charge < -0.3 is 39.4 Å². The zero-order valence-corrected chi connectivity index (χ0v) is 34.3. The highest BCUT2D eigenvalue weighted by atomic mass is 16.6. The second-order valence-corrected chi connectivity index (χ2v) is 18.4. The summed E-state index contributed by atoms with van der Waals surface area (Å²) in [4.78, 5) is 67.5. The molecule has 2 saturated heterocycles. The average Bonchev–Trinajstić information content (AvgIpc) is 3.64. The van der Waals surface area contributed by atoms with Gasteiger partial charge >= 0.3 is 30.2 Å². The van der Waals surface area contributed by atoms with Gasteiger partial charge in [0.05, 0.1) is 11.8 Å². The van der Waals surface area contributed by atoms with Gasteiger partial charge in [0.25, 0.3) is 0 Å². The van der Waals surface area contributed by atoms with E-state index in [0.29, 0.717) is 90.6 Å². The molecule has 0 spiro atoms. The summed E-state index contributed by atoms with van der Waals surface area (Å²) in [5.41, 5.74) is -2.41. The molecule has 4 atom stereocenters. The van der Waals surface area contributed by atoms with Crippen LogP contribution in [0, 0.1) is 23.7 Å². The van der Waals surface area contributed by atoms with Crippen LogP contribution in [0.2, 0.25) is 0 Å². The number of nitrogens with one attached hydrogen (secondary N) is 2. The van der Waals surface area contributed by atoms with Gasteiger partial charge in [-0.2, -0.15) is 0 Å². The van der Waals surface area contributed by atoms with E-state index in [1.165, 1.54) is 0 Å². The van der Waals surface area contributed by atoms with Crippen LogP contribution < -0.4 is 10.6 Å². The molecule has 300 valence electrons. The Kier molecular flexibility index (Phi) is 16.6. The number of hydrogen-bond donors (Lipinski definition) is 2. The number of likely N-dealkylation sites (tertiary alicyclic amines) is 2. The molecule has 0 aliphatic carbocycles. The first-order valence-electron chi connectivity index (χ1n) is 19.3. The van der Waals surface area contributed by atoms with E-state index in [0.717, 1.165) is 0 Å². The van der Waals surface area contributed by atoms with Gasteiger partial charge in [-0.1, -0.05) is 12.8 Å². The molecule has 2 rings (SSSR count). The van der Waals surface area contributed by atoms with Gasteiger partial charge in [-0.15, -0.1) is 0 Å². The summed E-state index contributed by atoms with van der Waals surface area (Å²) in [6, 6.07) is -0.264. The van der Waals surface area contributed by atoms with Gasteiger partial charge in [-0.05, 0) is 133 Å². The Bertz CT molecular complexity index is 1110. The maximum atomic E-state index is 13.2. The van der Waals surface area contributed by atoms with E-state index in [2.05, 4.69) is 10.6 Å². The van der Waals surface area contributed by atoms with Crippen LogP contribution in [0.3, 0.4) is 0 Å². The largest absolute Gasteiger partial charge is 0.460 e. The summed E-state index contributed by atoms with van der Waals surface area (Å²) < 4.78 is 22.6. The van der Waals surface area contributed by atoms with Crippen molar-refractivity contribution in [2.75, 3.05) is 39.3 Å². The van der Waals surface area contributed by atoms with Crippen molar-refractivity contribution in [1.29, 1.82) is 0 Å². The molecule has 0 aromatic rings. The number of urea groups is 1. The number of carbonyl (C=O) groups is 5. The van der Waals surface area contributed by atoms with E-state index in [1.54, 1.807) is 9.80 Å². The molecular formula is C39H70N4O9.